The van der Waals surface area contributed by atoms with Gasteiger partial charge in [0, 0.05) is 32.1 Å². The third-order valence-electron chi connectivity index (χ3n) is 4.25. The number of non-ortho nitro benzene ring substituents is 1. The van der Waals surface area contributed by atoms with Gasteiger partial charge in [-0.2, -0.15) is 0 Å². The maximum absolute atomic E-state index is 11.7. The van der Waals surface area contributed by atoms with Crippen molar-refractivity contribution in [3.63, 3.8) is 0 Å². The minimum atomic E-state index is -4.09. The van der Waals surface area contributed by atoms with E-state index >= 15 is 0 Å². The first kappa shape index (κ1) is 18.8. The number of nitrogens with two attached hydrogens (primary N) is 1. The average molecular weight is 389 g/mol. The molecule has 1 aromatic heterocycles. The number of benzene rings is 2. The topological polar surface area (TPSA) is 133 Å². The lowest BCUT2D eigenvalue weighted by Gasteiger charge is -2.10. The van der Waals surface area contributed by atoms with Crippen molar-refractivity contribution in [1.29, 1.82) is 0 Å². The van der Waals surface area contributed by atoms with E-state index in [0.717, 1.165) is 22.9 Å². The van der Waals surface area contributed by atoms with E-state index in [1.807, 2.05) is 35.9 Å². The highest BCUT2D eigenvalue weighted by Gasteiger charge is 2.18. The van der Waals surface area contributed by atoms with Gasteiger partial charge in [-0.1, -0.05) is 12.1 Å². The predicted octanol–water partition coefficient (Wildman–Crippen LogP) is 2.17. The van der Waals surface area contributed by atoms with Crippen LogP contribution in [0.15, 0.2) is 47.4 Å². The molecule has 0 atom stereocenters. The van der Waals surface area contributed by atoms with Gasteiger partial charge in [-0.15, -0.1) is 0 Å². The number of hydrogen-bond donors (Lipinski definition) is 2. The molecule has 0 amide bonds. The zero-order valence-electron chi connectivity index (χ0n) is 14.6. The molecule has 0 spiro atoms. The Labute approximate surface area is 156 Å². The molecule has 27 heavy (non-hydrogen) atoms. The summed E-state index contributed by atoms with van der Waals surface area (Å²) in [6, 6.07) is 11.4. The van der Waals surface area contributed by atoms with Crippen molar-refractivity contribution in [2.24, 2.45) is 12.2 Å². The largest absolute Gasteiger partial charge is 0.384 e. The number of fused-ring (bicyclic) bond motifs is 1. The second-order valence-corrected chi connectivity index (χ2v) is 7.62. The highest BCUT2D eigenvalue weighted by atomic mass is 32.2. The van der Waals surface area contributed by atoms with Crippen LogP contribution in [0.5, 0.6) is 0 Å². The monoisotopic (exact) mass is 389 g/mol. The van der Waals surface area contributed by atoms with Crippen molar-refractivity contribution in [2.45, 2.75) is 17.7 Å². The van der Waals surface area contributed by atoms with Gasteiger partial charge in [0.25, 0.3) is 5.69 Å². The molecule has 0 radical (unpaired) electrons. The van der Waals surface area contributed by atoms with E-state index in [0.29, 0.717) is 19.4 Å². The van der Waals surface area contributed by atoms with Gasteiger partial charge in [0.15, 0.2) is 0 Å². The van der Waals surface area contributed by atoms with Crippen LogP contribution >= 0.6 is 0 Å². The lowest BCUT2D eigenvalue weighted by atomic mass is 10.2. The van der Waals surface area contributed by atoms with Crippen LogP contribution in [0, 0.1) is 10.1 Å². The van der Waals surface area contributed by atoms with Crippen LogP contribution < -0.4 is 10.5 Å². The second kappa shape index (κ2) is 7.33. The summed E-state index contributed by atoms with van der Waals surface area (Å²) >= 11 is 0. The first-order chi connectivity index (χ1) is 12.8. The van der Waals surface area contributed by atoms with Gasteiger partial charge in [0.1, 0.15) is 10.7 Å². The van der Waals surface area contributed by atoms with Gasteiger partial charge >= 0.3 is 0 Å². The number of nitrogens with one attached hydrogen (secondary N) is 1. The van der Waals surface area contributed by atoms with E-state index in [4.69, 9.17) is 5.14 Å². The SMILES string of the molecule is Cn1c(CCCNc2ccc([N+](=O)[O-])cc2S(N)(=O)=O)nc2ccccc21. The number of nitrogens with zero attached hydrogens (tertiary/aromatic N) is 3. The van der Waals surface area contributed by atoms with Crippen LogP contribution in [0.4, 0.5) is 11.4 Å². The van der Waals surface area contributed by atoms with E-state index in [9.17, 15) is 18.5 Å². The lowest BCUT2D eigenvalue weighted by Crippen LogP contribution is -2.16. The number of primary sulfonamides is 1. The van der Waals surface area contributed by atoms with Gasteiger partial charge in [-0.3, -0.25) is 10.1 Å². The van der Waals surface area contributed by atoms with Crippen molar-refractivity contribution >= 4 is 32.4 Å². The molecule has 1 heterocycles. The Kier molecular flexibility index (Phi) is 5.10. The number of nitro groups is 1. The highest BCUT2D eigenvalue weighted by Crippen LogP contribution is 2.25. The van der Waals surface area contributed by atoms with E-state index < -0.39 is 14.9 Å². The predicted molar refractivity (Wildman–Crippen MR) is 102 cm³/mol. The Morgan fingerprint density at radius 2 is 2.00 bits per heavy atom. The molecule has 10 heteroatoms. The molecule has 0 saturated heterocycles. The number of imidazole rings is 1. The van der Waals surface area contributed by atoms with Crippen molar-refractivity contribution in [3.8, 4) is 0 Å². The Morgan fingerprint density at radius 3 is 2.67 bits per heavy atom. The quantitative estimate of drug-likeness (QED) is 0.361. The Balaban J connectivity index is 1.70. The zero-order valence-corrected chi connectivity index (χ0v) is 15.4. The summed E-state index contributed by atoms with van der Waals surface area (Å²) < 4.78 is 25.5. The van der Waals surface area contributed by atoms with Crippen LogP contribution in [-0.2, 0) is 23.5 Å². The Hall–Kier alpha value is -2.98. The summed E-state index contributed by atoms with van der Waals surface area (Å²) in [6.07, 6.45) is 1.38. The highest BCUT2D eigenvalue weighted by molar-refractivity contribution is 7.89. The summed E-state index contributed by atoms with van der Waals surface area (Å²) in [6.45, 7) is 0.462. The van der Waals surface area contributed by atoms with Crippen molar-refractivity contribution < 1.29 is 13.3 Å². The van der Waals surface area contributed by atoms with Crippen LogP contribution in [0.3, 0.4) is 0 Å². The smallest absolute Gasteiger partial charge is 0.270 e. The van der Waals surface area contributed by atoms with Crippen LogP contribution in [0.1, 0.15) is 12.2 Å². The van der Waals surface area contributed by atoms with E-state index in [1.165, 1.54) is 12.1 Å². The standard InChI is InChI=1S/C17H19N5O4S/c1-21-15-6-3-2-5-13(15)20-17(21)7-4-10-19-14-9-8-12(22(23)24)11-16(14)27(18,25)26/h2-3,5-6,8-9,11,19H,4,7,10H2,1H3,(H2,18,25,26). The van der Waals surface area contributed by atoms with Crippen molar-refractivity contribution in [3.05, 3.63) is 58.4 Å². The van der Waals surface area contributed by atoms with Crippen LogP contribution in [0.2, 0.25) is 0 Å². The molecular weight excluding hydrogens is 370 g/mol. The van der Waals surface area contributed by atoms with E-state index in [1.54, 1.807) is 0 Å². The molecule has 3 N–H and O–H groups in total. The number of rotatable bonds is 7. The summed E-state index contributed by atoms with van der Waals surface area (Å²) in [5, 5.41) is 19.0. The maximum atomic E-state index is 11.7. The first-order valence-corrected chi connectivity index (χ1v) is 9.77. The number of aromatic nitrogens is 2. The minimum Gasteiger partial charge on any atom is -0.384 e. The second-order valence-electron chi connectivity index (χ2n) is 6.09. The normalized spacial score (nSPS) is 11.6. The molecule has 2 aromatic carbocycles. The molecule has 3 aromatic rings. The molecule has 0 bridgehead atoms. The number of para-hydroxylation sites is 2. The van der Waals surface area contributed by atoms with Gasteiger partial charge in [0.2, 0.25) is 10.0 Å². The molecule has 142 valence electrons. The number of sulfonamides is 1. The summed E-state index contributed by atoms with van der Waals surface area (Å²) in [5.41, 5.74) is 1.89. The lowest BCUT2D eigenvalue weighted by molar-refractivity contribution is -0.385. The molecule has 0 saturated carbocycles. The molecule has 0 fully saturated rings. The third kappa shape index (κ3) is 4.07. The molecule has 0 aliphatic carbocycles. The summed E-state index contributed by atoms with van der Waals surface area (Å²) in [5.74, 6) is 0.924. The van der Waals surface area contributed by atoms with Crippen LogP contribution in [0.25, 0.3) is 11.0 Å². The number of anilines is 1. The summed E-state index contributed by atoms with van der Waals surface area (Å²) in [4.78, 5) is 14.5. The van der Waals surface area contributed by atoms with Gasteiger partial charge in [-0.25, -0.2) is 18.5 Å². The van der Waals surface area contributed by atoms with Gasteiger partial charge in [-0.05, 0) is 24.6 Å². The molecule has 0 aliphatic heterocycles. The third-order valence-corrected chi connectivity index (χ3v) is 5.21. The molecule has 9 nitrogen and oxygen atoms in total. The molecule has 3 rings (SSSR count). The summed E-state index contributed by atoms with van der Waals surface area (Å²) in [7, 11) is -2.13. The van der Waals surface area contributed by atoms with Crippen molar-refractivity contribution in [2.75, 3.05) is 11.9 Å². The van der Waals surface area contributed by atoms with E-state index in [2.05, 4.69) is 10.3 Å². The average Bonchev–Trinajstić information content (AvgIpc) is 2.94. The maximum Gasteiger partial charge on any atom is 0.270 e. The first-order valence-electron chi connectivity index (χ1n) is 8.23. The number of hydrogen-bond acceptors (Lipinski definition) is 6. The molecule has 0 aliphatic rings. The minimum absolute atomic E-state index is 0.244. The Morgan fingerprint density at radius 1 is 1.26 bits per heavy atom. The van der Waals surface area contributed by atoms with Gasteiger partial charge < -0.3 is 9.88 Å². The van der Waals surface area contributed by atoms with Gasteiger partial charge in [0.05, 0.1) is 21.6 Å². The number of nitro benzene ring substituents is 1. The fourth-order valence-electron chi connectivity index (χ4n) is 2.89. The Bertz CT molecular complexity index is 1110. The van der Waals surface area contributed by atoms with E-state index in [-0.39, 0.29) is 16.3 Å². The number of aryl methyl sites for hydroxylation is 2. The fourth-order valence-corrected chi connectivity index (χ4v) is 3.63. The fraction of sp³-hybridized carbons (Fsp3) is 0.235. The molecule has 0 unspecified atom stereocenters. The molecular formula is C17H19N5O4S. The van der Waals surface area contributed by atoms with Crippen LogP contribution in [-0.4, -0.2) is 29.4 Å². The van der Waals surface area contributed by atoms with Crippen molar-refractivity contribution in [1.82, 2.24) is 9.55 Å². The zero-order chi connectivity index (χ0) is 19.6.